The minimum Gasteiger partial charge on any atom is -0.463 e. The molecular weight excluding hydrogens is 320 g/mol. The molecule has 1 aliphatic heterocycles. The molecule has 24 heavy (non-hydrogen) atoms. The fraction of sp³-hybridized carbons (Fsp3) is 0.812. The number of rotatable bonds is 8. The van der Waals surface area contributed by atoms with Crippen LogP contribution in [0.2, 0.25) is 0 Å². The first-order valence-electron chi connectivity index (χ1n) is 8.17. The molecule has 0 aromatic carbocycles. The number of hydrogen-bond donors (Lipinski definition) is 0. The summed E-state index contributed by atoms with van der Waals surface area (Å²) in [4.78, 5) is 34.6. The Bertz CT molecular complexity index is 436. The smallest absolute Gasteiger partial charge is 0.306 e. The molecule has 0 spiro atoms. The van der Waals surface area contributed by atoms with Crippen molar-refractivity contribution in [2.45, 2.75) is 71.1 Å². The molecule has 4 atom stereocenters. The number of carbonyl (C=O) groups is 3. The van der Waals surface area contributed by atoms with Crippen LogP contribution in [-0.2, 0) is 38.1 Å². The summed E-state index contributed by atoms with van der Waals surface area (Å²) < 4.78 is 26.7. The predicted molar refractivity (Wildman–Crippen MR) is 81.9 cm³/mol. The third-order valence-electron chi connectivity index (χ3n) is 3.54. The number of methoxy groups -OCH3 is 1. The van der Waals surface area contributed by atoms with Gasteiger partial charge in [0.25, 0.3) is 0 Å². The lowest BCUT2D eigenvalue weighted by Gasteiger charge is -2.39. The average Bonchev–Trinajstić information content (AvgIpc) is 2.60. The standard InChI is InChI=1S/C16H26O8/c1-5-12(17)21-9-10-8-11(23-13(18)6-2)15(16(20-4)22-10)24-14(19)7-3/h10-11,15-16H,5-9H2,1-4H3/t10-,11-,15-,16-/m0/s1. The second-order valence-electron chi connectivity index (χ2n) is 5.32. The summed E-state index contributed by atoms with van der Waals surface area (Å²) in [6.45, 7) is 5.03. The summed E-state index contributed by atoms with van der Waals surface area (Å²) >= 11 is 0. The van der Waals surface area contributed by atoms with Crippen molar-refractivity contribution >= 4 is 17.9 Å². The van der Waals surface area contributed by atoms with Gasteiger partial charge in [0, 0.05) is 32.8 Å². The second kappa shape index (κ2) is 10.2. The van der Waals surface area contributed by atoms with E-state index in [1.165, 1.54) is 7.11 Å². The molecule has 138 valence electrons. The van der Waals surface area contributed by atoms with E-state index in [2.05, 4.69) is 0 Å². The molecule has 0 amide bonds. The van der Waals surface area contributed by atoms with Gasteiger partial charge in [-0.15, -0.1) is 0 Å². The molecule has 0 N–H and O–H groups in total. The fourth-order valence-electron chi connectivity index (χ4n) is 2.21. The summed E-state index contributed by atoms with van der Waals surface area (Å²) in [6.07, 6.45) is -2.15. The molecule has 0 aromatic rings. The third-order valence-corrected chi connectivity index (χ3v) is 3.54. The summed E-state index contributed by atoms with van der Waals surface area (Å²) in [5.74, 6) is -1.22. The van der Waals surface area contributed by atoms with E-state index in [9.17, 15) is 14.4 Å². The van der Waals surface area contributed by atoms with Crippen LogP contribution < -0.4 is 0 Å². The van der Waals surface area contributed by atoms with E-state index in [1.807, 2.05) is 0 Å². The van der Waals surface area contributed by atoms with E-state index in [0.29, 0.717) is 0 Å². The molecule has 0 saturated carbocycles. The van der Waals surface area contributed by atoms with Crippen LogP contribution in [0.15, 0.2) is 0 Å². The molecule has 8 heteroatoms. The van der Waals surface area contributed by atoms with Crippen LogP contribution in [0.1, 0.15) is 46.5 Å². The Morgan fingerprint density at radius 2 is 1.54 bits per heavy atom. The van der Waals surface area contributed by atoms with Crippen molar-refractivity contribution < 1.29 is 38.1 Å². The summed E-state index contributed by atoms with van der Waals surface area (Å²) in [7, 11) is 1.40. The molecule has 0 radical (unpaired) electrons. The first-order chi connectivity index (χ1) is 11.4. The molecular formula is C16H26O8. The van der Waals surface area contributed by atoms with E-state index >= 15 is 0 Å². The Morgan fingerprint density at radius 3 is 2.08 bits per heavy atom. The van der Waals surface area contributed by atoms with Crippen LogP contribution >= 0.6 is 0 Å². The van der Waals surface area contributed by atoms with Crippen molar-refractivity contribution in [2.24, 2.45) is 0 Å². The highest BCUT2D eigenvalue weighted by Crippen LogP contribution is 2.27. The van der Waals surface area contributed by atoms with Crippen molar-refractivity contribution in [1.82, 2.24) is 0 Å². The van der Waals surface area contributed by atoms with Gasteiger partial charge in [0.1, 0.15) is 12.7 Å². The minimum absolute atomic E-state index is 0.0150. The highest BCUT2D eigenvalue weighted by Gasteiger charge is 2.44. The quantitative estimate of drug-likeness (QED) is 0.480. The monoisotopic (exact) mass is 346 g/mol. The fourth-order valence-corrected chi connectivity index (χ4v) is 2.21. The van der Waals surface area contributed by atoms with E-state index in [1.54, 1.807) is 20.8 Å². The molecule has 0 aromatic heterocycles. The van der Waals surface area contributed by atoms with Crippen LogP contribution in [0, 0.1) is 0 Å². The number of esters is 3. The Balaban J connectivity index is 2.83. The van der Waals surface area contributed by atoms with Gasteiger partial charge >= 0.3 is 17.9 Å². The van der Waals surface area contributed by atoms with Gasteiger partial charge in [-0.25, -0.2) is 0 Å². The summed E-state index contributed by atoms with van der Waals surface area (Å²) in [6, 6.07) is 0. The average molecular weight is 346 g/mol. The van der Waals surface area contributed by atoms with Gasteiger partial charge in [0.05, 0.1) is 6.10 Å². The lowest BCUT2D eigenvalue weighted by atomic mass is 10.0. The van der Waals surface area contributed by atoms with Crippen molar-refractivity contribution in [3.05, 3.63) is 0 Å². The molecule has 0 aliphatic carbocycles. The van der Waals surface area contributed by atoms with Crippen LogP contribution in [0.3, 0.4) is 0 Å². The zero-order chi connectivity index (χ0) is 18.1. The van der Waals surface area contributed by atoms with E-state index < -0.39 is 36.5 Å². The molecule has 1 rings (SSSR count). The van der Waals surface area contributed by atoms with Gasteiger partial charge in [-0.05, 0) is 0 Å². The van der Waals surface area contributed by atoms with Gasteiger partial charge in [-0.3, -0.25) is 14.4 Å². The Hall–Kier alpha value is -1.67. The van der Waals surface area contributed by atoms with Crippen LogP contribution in [-0.4, -0.2) is 56.2 Å². The maximum atomic E-state index is 11.7. The Morgan fingerprint density at radius 1 is 0.958 bits per heavy atom. The van der Waals surface area contributed by atoms with Gasteiger partial charge in [-0.2, -0.15) is 0 Å². The van der Waals surface area contributed by atoms with Crippen LogP contribution in [0.25, 0.3) is 0 Å². The maximum Gasteiger partial charge on any atom is 0.306 e. The lowest BCUT2D eigenvalue weighted by molar-refractivity contribution is -0.272. The first-order valence-corrected chi connectivity index (χ1v) is 8.17. The molecule has 8 nitrogen and oxygen atoms in total. The molecule has 0 unspecified atom stereocenters. The van der Waals surface area contributed by atoms with Gasteiger partial charge in [0.15, 0.2) is 12.4 Å². The van der Waals surface area contributed by atoms with Crippen molar-refractivity contribution in [3.8, 4) is 0 Å². The molecule has 1 heterocycles. The Kier molecular flexibility index (Phi) is 8.70. The minimum atomic E-state index is -0.908. The number of hydrogen-bond acceptors (Lipinski definition) is 8. The SMILES string of the molecule is CCC(=O)OC[C@@H]1C[C@H](OC(=O)CC)[C@H](OC(=O)CC)[C@@H](OC)O1. The number of carbonyl (C=O) groups excluding carboxylic acids is 3. The van der Waals surface area contributed by atoms with Gasteiger partial charge in [0.2, 0.25) is 0 Å². The molecule has 1 fully saturated rings. The van der Waals surface area contributed by atoms with Crippen LogP contribution in [0.5, 0.6) is 0 Å². The highest BCUT2D eigenvalue weighted by atomic mass is 16.7. The molecule has 1 saturated heterocycles. The van der Waals surface area contributed by atoms with E-state index in [0.717, 1.165) is 0 Å². The second-order valence-corrected chi connectivity index (χ2v) is 5.32. The summed E-state index contributed by atoms with van der Waals surface area (Å²) in [5.41, 5.74) is 0. The first kappa shape index (κ1) is 20.4. The van der Waals surface area contributed by atoms with E-state index in [4.69, 9.17) is 23.7 Å². The topological polar surface area (TPSA) is 97.4 Å². The van der Waals surface area contributed by atoms with Gasteiger partial charge < -0.3 is 23.7 Å². The number of ether oxygens (including phenoxy) is 5. The summed E-state index contributed by atoms with van der Waals surface area (Å²) in [5, 5.41) is 0. The maximum absolute atomic E-state index is 11.7. The third kappa shape index (κ3) is 6.09. The highest BCUT2D eigenvalue weighted by molar-refractivity contribution is 5.70. The lowest BCUT2D eigenvalue weighted by Crippen LogP contribution is -2.53. The molecule has 1 aliphatic rings. The van der Waals surface area contributed by atoms with E-state index in [-0.39, 0.29) is 38.3 Å². The zero-order valence-electron chi connectivity index (χ0n) is 14.6. The Labute approximate surface area is 141 Å². The molecule has 0 bridgehead atoms. The zero-order valence-corrected chi connectivity index (χ0v) is 14.6. The van der Waals surface area contributed by atoms with Gasteiger partial charge in [-0.1, -0.05) is 20.8 Å². The van der Waals surface area contributed by atoms with Crippen molar-refractivity contribution in [2.75, 3.05) is 13.7 Å². The predicted octanol–water partition coefficient (Wildman–Crippen LogP) is 1.34. The largest absolute Gasteiger partial charge is 0.463 e. The van der Waals surface area contributed by atoms with Crippen molar-refractivity contribution in [3.63, 3.8) is 0 Å². The van der Waals surface area contributed by atoms with Crippen molar-refractivity contribution in [1.29, 1.82) is 0 Å². The normalized spacial score (nSPS) is 26.5. The van der Waals surface area contributed by atoms with Crippen LogP contribution in [0.4, 0.5) is 0 Å².